The van der Waals surface area contributed by atoms with Crippen LogP contribution in [0.3, 0.4) is 0 Å². The number of hydrogen-bond donors (Lipinski definition) is 2. The summed E-state index contributed by atoms with van der Waals surface area (Å²) < 4.78 is 12.9. The monoisotopic (exact) mass is 510 g/mol. The number of rotatable bonds is 4. The molecule has 0 aliphatic carbocycles. The fraction of sp³-hybridized carbons (Fsp3) is 0.217. The minimum Gasteiger partial charge on any atom is -0.379 e. The van der Waals surface area contributed by atoms with Gasteiger partial charge in [0.05, 0.1) is 22.7 Å². The number of anilines is 2. The van der Waals surface area contributed by atoms with E-state index in [9.17, 15) is 9.18 Å². The highest BCUT2D eigenvalue weighted by molar-refractivity contribution is 8.14. The van der Waals surface area contributed by atoms with E-state index in [1.165, 1.54) is 24.0 Å². The van der Waals surface area contributed by atoms with Crippen molar-refractivity contribution in [3.05, 3.63) is 77.6 Å². The standard InChI is InChI=1S/C23H19FN8OS.ClH/c24-17-10-29-22(30-11-17)32-12-16-9-28-21(26)34-23(16,13-32)15-2-1-3-18(6-15)31-20(33)19-5-4-14(7-25)8-27-19;/h1-6,8,10-11,16H,9,12-13H2,(H2,26,28)(H,31,33);1H/t16-,23+;/m0./s1. The maximum atomic E-state index is 13.3. The molecule has 5 rings (SSSR count). The number of carbonyl (C=O) groups excluding carboxylic acids is 1. The highest BCUT2D eigenvalue weighted by atomic mass is 35.5. The number of aliphatic imine (C=N–C) groups is 1. The first-order chi connectivity index (χ1) is 16.5. The lowest BCUT2D eigenvalue weighted by Crippen LogP contribution is -2.39. The van der Waals surface area contributed by atoms with E-state index in [0.29, 0.717) is 42.0 Å². The number of nitrogens with one attached hydrogen (secondary N) is 1. The minimum absolute atomic E-state index is 0. The van der Waals surface area contributed by atoms with Gasteiger partial charge in [-0.1, -0.05) is 23.9 Å². The number of amidine groups is 1. The Morgan fingerprint density at radius 3 is 2.74 bits per heavy atom. The first-order valence-electron chi connectivity index (χ1n) is 10.5. The minimum atomic E-state index is -0.489. The van der Waals surface area contributed by atoms with E-state index >= 15 is 0 Å². The van der Waals surface area contributed by atoms with Gasteiger partial charge in [0.1, 0.15) is 11.8 Å². The summed E-state index contributed by atoms with van der Waals surface area (Å²) in [5.74, 6) is -0.298. The Labute approximate surface area is 211 Å². The molecule has 0 bridgehead atoms. The van der Waals surface area contributed by atoms with E-state index in [1.807, 2.05) is 29.2 Å². The van der Waals surface area contributed by atoms with Gasteiger partial charge in [-0.25, -0.2) is 19.3 Å². The Morgan fingerprint density at radius 1 is 1.23 bits per heavy atom. The van der Waals surface area contributed by atoms with Crippen LogP contribution in [-0.2, 0) is 4.75 Å². The maximum Gasteiger partial charge on any atom is 0.274 e. The highest BCUT2D eigenvalue weighted by Crippen LogP contribution is 2.51. The lowest BCUT2D eigenvalue weighted by Gasteiger charge is -2.36. The summed E-state index contributed by atoms with van der Waals surface area (Å²) in [4.78, 5) is 31.5. The number of amides is 1. The van der Waals surface area contributed by atoms with E-state index in [2.05, 4.69) is 25.3 Å². The van der Waals surface area contributed by atoms with Crippen LogP contribution in [-0.4, -0.2) is 45.7 Å². The third kappa shape index (κ3) is 4.76. The van der Waals surface area contributed by atoms with Gasteiger partial charge in [-0.05, 0) is 29.8 Å². The van der Waals surface area contributed by atoms with Crippen LogP contribution in [0.4, 0.5) is 16.0 Å². The zero-order valence-corrected chi connectivity index (χ0v) is 19.9. The summed E-state index contributed by atoms with van der Waals surface area (Å²) in [6.07, 6.45) is 3.67. The van der Waals surface area contributed by atoms with Gasteiger partial charge in [0, 0.05) is 37.4 Å². The van der Waals surface area contributed by atoms with Gasteiger partial charge in [-0.3, -0.25) is 9.79 Å². The third-order valence-electron chi connectivity index (χ3n) is 5.90. The van der Waals surface area contributed by atoms with Gasteiger partial charge in [0.2, 0.25) is 5.95 Å². The molecule has 4 heterocycles. The smallest absolute Gasteiger partial charge is 0.274 e. The first kappa shape index (κ1) is 24.4. The van der Waals surface area contributed by atoms with Crippen LogP contribution in [0.2, 0.25) is 0 Å². The fourth-order valence-corrected chi connectivity index (χ4v) is 5.58. The number of pyridine rings is 1. The lowest BCUT2D eigenvalue weighted by atomic mass is 9.87. The van der Waals surface area contributed by atoms with Gasteiger partial charge in [-0.2, -0.15) is 5.26 Å². The molecule has 1 amide bonds. The summed E-state index contributed by atoms with van der Waals surface area (Å²) in [5.41, 5.74) is 8.34. The summed E-state index contributed by atoms with van der Waals surface area (Å²) in [7, 11) is 0. The van der Waals surface area contributed by atoms with E-state index in [-0.39, 0.29) is 29.9 Å². The number of fused-ring (bicyclic) bond motifs is 1. The molecular formula is C23H20ClFN8OS. The molecule has 2 aromatic heterocycles. The van der Waals surface area contributed by atoms with Gasteiger partial charge in [0.15, 0.2) is 11.0 Å². The van der Waals surface area contributed by atoms with Crippen molar-refractivity contribution in [1.82, 2.24) is 15.0 Å². The molecule has 2 atom stereocenters. The quantitative estimate of drug-likeness (QED) is 0.547. The molecule has 3 aromatic rings. The Morgan fingerprint density at radius 2 is 2.03 bits per heavy atom. The van der Waals surface area contributed by atoms with Crippen molar-refractivity contribution in [2.75, 3.05) is 29.9 Å². The summed E-state index contributed by atoms with van der Waals surface area (Å²) in [5, 5.41) is 12.3. The van der Waals surface area contributed by atoms with Crippen LogP contribution in [0.25, 0.3) is 0 Å². The van der Waals surface area contributed by atoms with Crippen molar-refractivity contribution in [1.29, 1.82) is 5.26 Å². The molecule has 2 aliphatic heterocycles. The van der Waals surface area contributed by atoms with Crippen molar-refractivity contribution in [3.63, 3.8) is 0 Å². The van der Waals surface area contributed by atoms with E-state index in [0.717, 1.165) is 18.0 Å². The summed E-state index contributed by atoms with van der Waals surface area (Å²) in [6, 6.07) is 12.7. The van der Waals surface area contributed by atoms with Gasteiger partial charge in [-0.15, -0.1) is 12.4 Å². The predicted octanol–water partition coefficient (Wildman–Crippen LogP) is 2.95. The van der Waals surface area contributed by atoms with Gasteiger partial charge < -0.3 is 16.0 Å². The summed E-state index contributed by atoms with van der Waals surface area (Å²) in [6.45, 7) is 1.74. The average molecular weight is 511 g/mol. The van der Waals surface area contributed by atoms with Gasteiger partial charge in [0.25, 0.3) is 5.91 Å². The molecule has 0 radical (unpaired) electrons. The first-order valence-corrected chi connectivity index (χ1v) is 11.3. The number of hydrogen-bond acceptors (Lipinski definition) is 9. The van der Waals surface area contributed by atoms with Crippen molar-refractivity contribution in [2.45, 2.75) is 4.75 Å². The Bertz CT molecular complexity index is 1310. The topological polar surface area (TPSA) is 133 Å². The predicted molar refractivity (Wildman–Crippen MR) is 134 cm³/mol. The molecule has 0 saturated carbocycles. The number of carbonyl (C=O) groups is 1. The molecule has 12 heteroatoms. The molecule has 0 spiro atoms. The average Bonchev–Trinajstić information content (AvgIpc) is 3.24. The van der Waals surface area contributed by atoms with Gasteiger partial charge >= 0.3 is 0 Å². The molecule has 35 heavy (non-hydrogen) atoms. The number of nitrogens with zero attached hydrogens (tertiary/aromatic N) is 6. The summed E-state index contributed by atoms with van der Waals surface area (Å²) >= 11 is 1.49. The number of benzene rings is 1. The second-order valence-corrected chi connectivity index (χ2v) is 9.38. The number of nitriles is 1. The second-order valence-electron chi connectivity index (χ2n) is 8.03. The number of nitrogens with two attached hydrogens (primary N) is 1. The third-order valence-corrected chi connectivity index (χ3v) is 7.30. The van der Waals surface area contributed by atoms with E-state index in [4.69, 9.17) is 11.0 Å². The molecule has 1 aromatic carbocycles. The van der Waals surface area contributed by atoms with Crippen LogP contribution in [0.1, 0.15) is 21.6 Å². The molecular weight excluding hydrogens is 491 g/mol. The molecule has 9 nitrogen and oxygen atoms in total. The Hall–Kier alpha value is -3.75. The zero-order valence-electron chi connectivity index (χ0n) is 18.3. The Kier molecular flexibility index (Phi) is 6.86. The maximum absolute atomic E-state index is 13.3. The highest BCUT2D eigenvalue weighted by Gasteiger charge is 2.51. The molecule has 3 N–H and O–H groups in total. The van der Waals surface area contributed by atoms with Crippen LogP contribution in [0.15, 0.2) is 60.0 Å². The van der Waals surface area contributed by atoms with Crippen LogP contribution < -0.4 is 16.0 Å². The number of thioether (sulfide) groups is 1. The van der Waals surface area contributed by atoms with Crippen molar-refractivity contribution in [3.8, 4) is 6.07 Å². The molecule has 0 unspecified atom stereocenters. The van der Waals surface area contributed by atoms with Crippen molar-refractivity contribution in [2.24, 2.45) is 16.6 Å². The largest absolute Gasteiger partial charge is 0.379 e. The SMILES string of the molecule is Cl.N#Cc1ccc(C(=O)Nc2cccc([C@]34CN(c5ncc(F)cn5)C[C@@H]3CN=C(N)S4)c2)nc1. The normalized spacial score (nSPS) is 20.7. The lowest BCUT2D eigenvalue weighted by molar-refractivity contribution is 0.102. The number of aromatic nitrogens is 3. The van der Waals surface area contributed by atoms with E-state index in [1.54, 1.807) is 12.1 Å². The van der Waals surface area contributed by atoms with Crippen molar-refractivity contribution >= 4 is 46.9 Å². The van der Waals surface area contributed by atoms with Crippen molar-refractivity contribution < 1.29 is 9.18 Å². The molecule has 2 aliphatic rings. The number of halogens is 2. The second kappa shape index (κ2) is 9.85. The molecule has 1 fully saturated rings. The van der Waals surface area contributed by atoms with E-state index < -0.39 is 10.6 Å². The zero-order chi connectivity index (χ0) is 23.7. The fourth-order valence-electron chi connectivity index (χ4n) is 4.29. The van der Waals surface area contributed by atoms with Crippen LogP contribution in [0, 0.1) is 23.1 Å². The molecule has 178 valence electrons. The Balaban J connectivity index is 0.00000289. The van der Waals surface area contributed by atoms with Crippen LogP contribution in [0.5, 0.6) is 0 Å². The molecule has 1 saturated heterocycles. The van der Waals surface area contributed by atoms with Crippen LogP contribution >= 0.6 is 24.2 Å².